The van der Waals surface area contributed by atoms with Gasteiger partial charge in [0.15, 0.2) is 6.04 Å². The molecule has 3 aromatic carbocycles. The standard InChI is InChI=1S/C37H50N2O3/c1-2-26-39(27-14-15-28-39)36(30-32-17-9-7-10-18-32)37(40)38-25-13-5-3-4-6-16-29-41-34-21-23-35(24-22-34)42-31-33-19-11-8-12-20-33/h7-12,17-24,36H,2-6,13-16,25-31H2,1H3/p+1. The number of hydrogen-bond acceptors (Lipinski definition) is 3. The van der Waals surface area contributed by atoms with Gasteiger partial charge in [0.2, 0.25) is 0 Å². The van der Waals surface area contributed by atoms with E-state index in [9.17, 15) is 4.79 Å². The molecular weight excluding hydrogens is 520 g/mol. The maximum Gasteiger partial charge on any atom is 0.278 e. The normalized spacial score (nSPS) is 14.8. The van der Waals surface area contributed by atoms with Crippen molar-refractivity contribution in [2.45, 2.75) is 83.8 Å². The minimum absolute atomic E-state index is 0.0212. The third-order valence-corrected chi connectivity index (χ3v) is 8.57. The minimum atomic E-state index is 0.0212. The summed E-state index contributed by atoms with van der Waals surface area (Å²) < 4.78 is 12.7. The van der Waals surface area contributed by atoms with Crippen LogP contribution in [0.2, 0.25) is 0 Å². The molecule has 1 aliphatic rings. The predicted molar refractivity (Wildman–Crippen MR) is 172 cm³/mol. The van der Waals surface area contributed by atoms with Gasteiger partial charge in [-0.25, -0.2) is 0 Å². The van der Waals surface area contributed by atoms with Crippen LogP contribution in [0.5, 0.6) is 11.5 Å². The van der Waals surface area contributed by atoms with Crippen LogP contribution in [-0.2, 0) is 17.8 Å². The summed E-state index contributed by atoms with van der Waals surface area (Å²) in [5.74, 6) is 2.00. The summed E-state index contributed by atoms with van der Waals surface area (Å²) in [7, 11) is 0. The van der Waals surface area contributed by atoms with Crippen LogP contribution in [0.1, 0.15) is 75.8 Å². The third kappa shape index (κ3) is 10.2. The van der Waals surface area contributed by atoms with E-state index in [0.29, 0.717) is 6.61 Å². The quantitative estimate of drug-likeness (QED) is 0.118. The van der Waals surface area contributed by atoms with E-state index < -0.39 is 0 Å². The molecule has 5 heteroatoms. The maximum absolute atomic E-state index is 13.5. The van der Waals surface area contributed by atoms with Crippen molar-refractivity contribution in [2.24, 2.45) is 0 Å². The first-order valence-corrected chi connectivity index (χ1v) is 16.3. The number of unbranched alkanes of at least 4 members (excludes halogenated alkanes) is 5. The average molecular weight is 572 g/mol. The highest BCUT2D eigenvalue weighted by atomic mass is 16.5. The zero-order valence-corrected chi connectivity index (χ0v) is 25.6. The lowest BCUT2D eigenvalue weighted by Gasteiger charge is -2.40. The first-order valence-electron chi connectivity index (χ1n) is 16.3. The summed E-state index contributed by atoms with van der Waals surface area (Å²) in [6, 6.07) is 28.7. The number of quaternary nitrogens is 1. The second kappa shape index (κ2) is 17.6. The van der Waals surface area contributed by atoms with Gasteiger partial charge in [-0.3, -0.25) is 4.79 Å². The van der Waals surface area contributed by atoms with E-state index >= 15 is 0 Å². The van der Waals surface area contributed by atoms with E-state index in [1.165, 1.54) is 37.7 Å². The van der Waals surface area contributed by atoms with E-state index in [4.69, 9.17) is 9.47 Å². The molecule has 1 N–H and O–H groups in total. The van der Waals surface area contributed by atoms with Crippen molar-refractivity contribution in [3.8, 4) is 11.5 Å². The Morgan fingerprint density at radius 2 is 1.31 bits per heavy atom. The number of likely N-dealkylation sites (tertiary alicyclic amines) is 1. The number of nitrogens with one attached hydrogen (secondary N) is 1. The van der Waals surface area contributed by atoms with Gasteiger partial charge in [-0.2, -0.15) is 0 Å². The van der Waals surface area contributed by atoms with Gasteiger partial charge in [0.05, 0.1) is 26.2 Å². The van der Waals surface area contributed by atoms with Gasteiger partial charge in [-0.05, 0) is 54.7 Å². The van der Waals surface area contributed by atoms with E-state index in [1.54, 1.807) is 0 Å². The van der Waals surface area contributed by atoms with Gasteiger partial charge in [-0.1, -0.05) is 93.3 Å². The lowest BCUT2D eigenvalue weighted by atomic mass is 10.0. The van der Waals surface area contributed by atoms with Crippen molar-refractivity contribution < 1.29 is 18.8 Å². The van der Waals surface area contributed by atoms with Gasteiger partial charge >= 0.3 is 0 Å². The molecular formula is C37H51N2O3+. The molecule has 5 nitrogen and oxygen atoms in total. The third-order valence-electron chi connectivity index (χ3n) is 8.57. The van der Waals surface area contributed by atoms with Crippen molar-refractivity contribution in [3.63, 3.8) is 0 Å². The fourth-order valence-electron chi connectivity index (χ4n) is 6.30. The van der Waals surface area contributed by atoms with Crippen molar-refractivity contribution in [1.29, 1.82) is 0 Å². The van der Waals surface area contributed by atoms with Gasteiger partial charge in [0.1, 0.15) is 18.1 Å². The average Bonchev–Trinajstić information content (AvgIpc) is 3.50. The molecule has 0 aliphatic carbocycles. The Labute approximate surface area is 253 Å². The smallest absolute Gasteiger partial charge is 0.278 e. The Balaban J connectivity index is 1.07. The van der Waals surface area contributed by atoms with Crippen LogP contribution in [0, 0.1) is 0 Å². The van der Waals surface area contributed by atoms with Crippen LogP contribution in [0.3, 0.4) is 0 Å². The van der Waals surface area contributed by atoms with Gasteiger partial charge in [0, 0.05) is 25.8 Å². The van der Waals surface area contributed by atoms with Crippen LogP contribution in [0.15, 0.2) is 84.9 Å². The second-order valence-electron chi connectivity index (χ2n) is 11.8. The van der Waals surface area contributed by atoms with Crippen molar-refractivity contribution in [2.75, 3.05) is 32.8 Å². The molecule has 1 amide bonds. The molecule has 3 aromatic rings. The van der Waals surface area contributed by atoms with Crippen LogP contribution in [0.25, 0.3) is 0 Å². The lowest BCUT2D eigenvalue weighted by molar-refractivity contribution is -0.931. The second-order valence-corrected chi connectivity index (χ2v) is 11.8. The molecule has 1 atom stereocenters. The van der Waals surface area contributed by atoms with Gasteiger partial charge in [-0.15, -0.1) is 0 Å². The highest BCUT2D eigenvalue weighted by Crippen LogP contribution is 2.27. The molecule has 0 radical (unpaired) electrons. The number of nitrogens with zero attached hydrogens (tertiary/aromatic N) is 1. The molecule has 1 aliphatic heterocycles. The summed E-state index contributed by atoms with van der Waals surface area (Å²) in [5.41, 5.74) is 2.43. The Morgan fingerprint density at radius 3 is 1.95 bits per heavy atom. The largest absolute Gasteiger partial charge is 0.494 e. The monoisotopic (exact) mass is 571 g/mol. The zero-order chi connectivity index (χ0) is 29.3. The van der Waals surface area contributed by atoms with Crippen molar-refractivity contribution in [1.82, 2.24) is 5.32 Å². The van der Waals surface area contributed by atoms with Crippen molar-refractivity contribution in [3.05, 3.63) is 96.1 Å². The fraction of sp³-hybridized carbons (Fsp3) is 0.486. The van der Waals surface area contributed by atoms with Crippen LogP contribution >= 0.6 is 0 Å². The summed E-state index contributed by atoms with van der Waals surface area (Å²) in [5, 5.41) is 3.33. The number of amides is 1. The highest BCUT2D eigenvalue weighted by Gasteiger charge is 2.43. The maximum atomic E-state index is 13.5. The molecule has 4 rings (SSSR count). The van der Waals surface area contributed by atoms with Crippen molar-refractivity contribution >= 4 is 5.91 Å². The number of rotatable bonds is 19. The Morgan fingerprint density at radius 1 is 0.738 bits per heavy atom. The van der Waals surface area contributed by atoms with Crippen LogP contribution in [0.4, 0.5) is 0 Å². The summed E-state index contributed by atoms with van der Waals surface area (Å²) >= 11 is 0. The molecule has 1 fully saturated rings. The summed E-state index contributed by atoms with van der Waals surface area (Å²) in [4.78, 5) is 13.5. The topological polar surface area (TPSA) is 47.6 Å². The van der Waals surface area contributed by atoms with E-state index in [-0.39, 0.29) is 11.9 Å². The van der Waals surface area contributed by atoms with E-state index in [1.807, 2.05) is 42.5 Å². The first-order chi connectivity index (χ1) is 20.7. The van der Waals surface area contributed by atoms with Gasteiger partial charge in [0.25, 0.3) is 5.91 Å². The number of carbonyl (C=O) groups excluding carboxylic acids is 1. The highest BCUT2D eigenvalue weighted by molar-refractivity contribution is 5.81. The molecule has 42 heavy (non-hydrogen) atoms. The molecule has 1 saturated heterocycles. The predicted octanol–water partition coefficient (Wildman–Crippen LogP) is 7.73. The number of benzene rings is 3. The molecule has 1 heterocycles. The summed E-state index contributed by atoms with van der Waals surface area (Å²) in [6.07, 6.45) is 11.3. The first kappa shape index (κ1) is 31.6. The molecule has 1 unspecified atom stereocenters. The van der Waals surface area contributed by atoms with E-state index in [0.717, 1.165) is 86.4 Å². The van der Waals surface area contributed by atoms with Crippen LogP contribution in [-0.4, -0.2) is 49.2 Å². The SMILES string of the molecule is CCC[N+]1(C(Cc2ccccc2)C(=O)NCCCCCCCCOc2ccc(OCc3ccccc3)cc2)CCCC1. The lowest BCUT2D eigenvalue weighted by Crippen LogP contribution is -2.60. The number of ether oxygens (including phenoxy) is 2. The van der Waals surface area contributed by atoms with Gasteiger partial charge < -0.3 is 19.3 Å². The molecule has 0 spiro atoms. The molecule has 0 aromatic heterocycles. The molecule has 226 valence electrons. The zero-order valence-electron chi connectivity index (χ0n) is 25.6. The molecule has 0 saturated carbocycles. The summed E-state index contributed by atoms with van der Waals surface area (Å²) in [6.45, 7) is 7.71. The molecule has 0 bridgehead atoms. The number of hydrogen-bond donors (Lipinski definition) is 1. The van der Waals surface area contributed by atoms with E-state index in [2.05, 4.69) is 54.7 Å². The number of carbonyl (C=O) groups is 1. The Bertz CT molecular complexity index is 1140. The Kier molecular flexibility index (Phi) is 13.3. The van der Waals surface area contributed by atoms with Crippen LogP contribution < -0.4 is 14.8 Å². The fourth-order valence-corrected chi connectivity index (χ4v) is 6.30. The Hall–Kier alpha value is -3.31. The minimum Gasteiger partial charge on any atom is -0.494 e.